The fraction of sp³-hybridized carbons (Fsp3) is 0.0417. The number of fused-ring (bicyclic) bond motifs is 1. The van der Waals surface area contributed by atoms with Gasteiger partial charge in [0.15, 0.2) is 11.6 Å². The predicted molar refractivity (Wildman–Crippen MR) is 105 cm³/mol. The van der Waals surface area contributed by atoms with Crippen LogP contribution in [-0.4, -0.2) is 11.6 Å². The van der Waals surface area contributed by atoms with E-state index in [1.165, 1.54) is 0 Å². The molecule has 0 aliphatic heterocycles. The summed E-state index contributed by atoms with van der Waals surface area (Å²) < 4.78 is 5.80. The monoisotopic (exact) mass is 365 g/mol. The van der Waals surface area contributed by atoms with Crippen LogP contribution in [0.2, 0.25) is 0 Å². The van der Waals surface area contributed by atoms with Gasteiger partial charge < -0.3 is 4.74 Å². The van der Waals surface area contributed by atoms with Crippen molar-refractivity contribution < 1.29 is 14.3 Å². The Labute approximate surface area is 162 Å². The number of nitriles is 1. The molecule has 0 heterocycles. The first-order valence-corrected chi connectivity index (χ1v) is 8.78. The number of carbonyl (C=O) groups is 2. The molecule has 4 rings (SSSR count). The molecule has 1 aliphatic carbocycles. The summed E-state index contributed by atoms with van der Waals surface area (Å²) >= 11 is 0. The lowest BCUT2D eigenvalue weighted by Crippen LogP contribution is -2.00. The van der Waals surface area contributed by atoms with Gasteiger partial charge in [0, 0.05) is 11.1 Å². The first-order chi connectivity index (χ1) is 13.7. The van der Waals surface area contributed by atoms with Crippen molar-refractivity contribution in [2.45, 2.75) is 6.61 Å². The maximum atomic E-state index is 12.5. The molecule has 28 heavy (non-hydrogen) atoms. The van der Waals surface area contributed by atoms with Crippen molar-refractivity contribution in [3.05, 3.63) is 106 Å². The van der Waals surface area contributed by atoms with Crippen molar-refractivity contribution in [3.63, 3.8) is 0 Å². The van der Waals surface area contributed by atoms with E-state index < -0.39 is 0 Å². The molecule has 0 fully saturated rings. The van der Waals surface area contributed by atoms with Gasteiger partial charge in [0.05, 0.1) is 17.2 Å². The number of ketones is 2. The average Bonchev–Trinajstić information content (AvgIpc) is 2.98. The molecular formula is C24H15NO3. The molecule has 0 saturated heterocycles. The van der Waals surface area contributed by atoms with E-state index in [0.717, 1.165) is 5.56 Å². The third kappa shape index (κ3) is 3.34. The summed E-state index contributed by atoms with van der Waals surface area (Å²) in [5, 5.41) is 8.98. The van der Waals surface area contributed by atoms with E-state index in [1.54, 1.807) is 48.5 Å². The number of hydrogen-bond acceptors (Lipinski definition) is 4. The molecule has 0 N–H and O–H groups in total. The van der Waals surface area contributed by atoms with Crippen molar-refractivity contribution in [1.82, 2.24) is 0 Å². The third-order valence-electron chi connectivity index (χ3n) is 4.54. The van der Waals surface area contributed by atoms with Crippen LogP contribution in [0.5, 0.6) is 5.75 Å². The molecule has 0 radical (unpaired) electrons. The number of carbonyl (C=O) groups excluding carboxylic acids is 2. The number of rotatable bonds is 4. The van der Waals surface area contributed by atoms with Gasteiger partial charge in [-0.2, -0.15) is 5.26 Å². The van der Waals surface area contributed by atoms with E-state index in [9.17, 15) is 9.59 Å². The predicted octanol–water partition coefficient (Wildman–Crippen LogP) is 4.60. The molecule has 1 aliphatic rings. The summed E-state index contributed by atoms with van der Waals surface area (Å²) in [5.74, 6) is 0.118. The van der Waals surface area contributed by atoms with Crippen LogP contribution in [0, 0.1) is 11.3 Å². The number of ether oxygens (including phenoxy) is 1. The highest BCUT2D eigenvalue weighted by molar-refractivity contribution is 6.41. The lowest BCUT2D eigenvalue weighted by molar-refractivity contribution is 0.0990. The van der Waals surface area contributed by atoms with Crippen molar-refractivity contribution in [2.75, 3.05) is 0 Å². The summed E-state index contributed by atoms with van der Waals surface area (Å²) in [6.45, 7) is 0.318. The zero-order valence-electron chi connectivity index (χ0n) is 14.9. The molecule has 4 heteroatoms. The van der Waals surface area contributed by atoms with Gasteiger partial charge in [-0.15, -0.1) is 0 Å². The van der Waals surface area contributed by atoms with Gasteiger partial charge >= 0.3 is 0 Å². The number of Topliss-reactive ketones (excluding diaryl/α,β-unsaturated/α-hetero) is 2. The Morgan fingerprint density at radius 2 is 1.57 bits per heavy atom. The fourth-order valence-corrected chi connectivity index (χ4v) is 3.16. The van der Waals surface area contributed by atoms with E-state index >= 15 is 0 Å². The number of benzene rings is 3. The van der Waals surface area contributed by atoms with E-state index in [0.29, 0.717) is 34.6 Å². The zero-order chi connectivity index (χ0) is 19.5. The standard InChI is InChI=1S/C24H15NO3/c25-14-17-6-3-7-18(11-17)15-28-19-8-4-5-16(12-19)13-22-23(26)20-9-1-2-10-21(20)24(22)27/h1-13H,15H2. The quantitative estimate of drug-likeness (QED) is 0.501. The molecule has 3 aromatic rings. The SMILES string of the molecule is N#Cc1cccc(COc2cccc(C=C3C(=O)c4ccccc4C3=O)c2)c1. The Kier molecular flexibility index (Phi) is 4.57. The van der Waals surface area contributed by atoms with Crippen LogP contribution in [0.15, 0.2) is 78.4 Å². The van der Waals surface area contributed by atoms with Crippen molar-refractivity contribution in [2.24, 2.45) is 0 Å². The normalized spacial score (nSPS) is 12.5. The highest BCUT2D eigenvalue weighted by Crippen LogP contribution is 2.28. The molecule has 0 atom stereocenters. The van der Waals surface area contributed by atoms with Gasteiger partial charge in [-0.1, -0.05) is 48.5 Å². The molecule has 0 amide bonds. The second-order valence-electron chi connectivity index (χ2n) is 6.44. The second-order valence-corrected chi connectivity index (χ2v) is 6.44. The zero-order valence-corrected chi connectivity index (χ0v) is 14.9. The average molecular weight is 365 g/mol. The highest BCUT2D eigenvalue weighted by atomic mass is 16.5. The Hall–Kier alpha value is -3.97. The van der Waals surface area contributed by atoms with E-state index in [2.05, 4.69) is 6.07 Å². The van der Waals surface area contributed by atoms with Crippen LogP contribution in [0.4, 0.5) is 0 Å². The number of allylic oxidation sites excluding steroid dienone is 1. The Morgan fingerprint density at radius 1 is 0.857 bits per heavy atom. The van der Waals surface area contributed by atoms with Crippen LogP contribution >= 0.6 is 0 Å². The van der Waals surface area contributed by atoms with Gasteiger partial charge in [-0.25, -0.2) is 0 Å². The summed E-state index contributed by atoms with van der Waals surface area (Å²) in [6, 6.07) is 23.4. The molecule has 0 unspecified atom stereocenters. The summed E-state index contributed by atoms with van der Waals surface area (Å²) in [7, 11) is 0. The minimum Gasteiger partial charge on any atom is -0.489 e. The maximum absolute atomic E-state index is 12.5. The maximum Gasteiger partial charge on any atom is 0.197 e. The second kappa shape index (κ2) is 7.34. The summed E-state index contributed by atoms with van der Waals surface area (Å²) in [4.78, 5) is 25.0. The van der Waals surface area contributed by atoms with Gasteiger partial charge in [0.1, 0.15) is 12.4 Å². The molecule has 3 aromatic carbocycles. The van der Waals surface area contributed by atoms with Crippen LogP contribution in [0.1, 0.15) is 37.4 Å². The van der Waals surface area contributed by atoms with E-state index in [4.69, 9.17) is 10.00 Å². The first-order valence-electron chi connectivity index (χ1n) is 8.78. The topological polar surface area (TPSA) is 67.2 Å². The van der Waals surface area contributed by atoms with Crippen molar-refractivity contribution in [1.29, 1.82) is 5.26 Å². The highest BCUT2D eigenvalue weighted by Gasteiger charge is 2.32. The van der Waals surface area contributed by atoms with Gasteiger partial charge in [-0.3, -0.25) is 9.59 Å². The molecular weight excluding hydrogens is 350 g/mol. The van der Waals surface area contributed by atoms with E-state index in [1.807, 2.05) is 30.3 Å². The molecule has 0 bridgehead atoms. The third-order valence-corrected chi connectivity index (χ3v) is 4.54. The lowest BCUT2D eigenvalue weighted by atomic mass is 10.1. The van der Waals surface area contributed by atoms with Crippen LogP contribution in [0.25, 0.3) is 6.08 Å². The number of nitrogens with zero attached hydrogens (tertiary/aromatic N) is 1. The minimum absolute atomic E-state index is 0.167. The van der Waals surface area contributed by atoms with Gasteiger partial charge in [0.2, 0.25) is 0 Å². The molecule has 0 saturated carbocycles. The fourth-order valence-electron chi connectivity index (χ4n) is 3.16. The molecule has 0 spiro atoms. The first kappa shape index (κ1) is 17.4. The summed E-state index contributed by atoms with van der Waals surface area (Å²) in [5.41, 5.74) is 3.25. The van der Waals surface area contributed by atoms with Crippen LogP contribution in [0.3, 0.4) is 0 Å². The largest absolute Gasteiger partial charge is 0.489 e. The Morgan fingerprint density at radius 3 is 2.29 bits per heavy atom. The van der Waals surface area contributed by atoms with Gasteiger partial charge in [0.25, 0.3) is 0 Å². The van der Waals surface area contributed by atoms with Crippen molar-refractivity contribution >= 4 is 17.6 Å². The van der Waals surface area contributed by atoms with E-state index in [-0.39, 0.29) is 17.1 Å². The smallest absolute Gasteiger partial charge is 0.197 e. The lowest BCUT2D eigenvalue weighted by Gasteiger charge is -2.07. The minimum atomic E-state index is -0.250. The molecule has 0 aromatic heterocycles. The molecule has 134 valence electrons. The Bertz CT molecular complexity index is 1130. The van der Waals surface area contributed by atoms with Crippen molar-refractivity contribution in [3.8, 4) is 11.8 Å². The number of hydrogen-bond donors (Lipinski definition) is 0. The Balaban J connectivity index is 1.55. The molecule has 4 nitrogen and oxygen atoms in total. The van der Waals surface area contributed by atoms with Gasteiger partial charge in [-0.05, 0) is 41.5 Å². The summed E-state index contributed by atoms with van der Waals surface area (Å²) in [6.07, 6.45) is 1.60. The van der Waals surface area contributed by atoms with Crippen LogP contribution < -0.4 is 4.74 Å². The van der Waals surface area contributed by atoms with Crippen LogP contribution in [-0.2, 0) is 6.61 Å².